The van der Waals surface area contributed by atoms with Crippen LogP contribution in [0.5, 0.6) is 0 Å². The predicted molar refractivity (Wildman–Crippen MR) is 64.0 cm³/mol. The average molecular weight is 246 g/mol. The highest BCUT2D eigenvalue weighted by molar-refractivity contribution is 6.30. The Kier molecular flexibility index (Phi) is 5.74. The van der Waals surface area contributed by atoms with Gasteiger partial charge in [0.05, 0.1) is 11.1 Å². The highest BCUT2D eigenvalue weighted by Crippen LogP contribution is 2.17. The van der Waals surface area contributed by atoms with Crippen LogP contribution < -0.4 is 5.32 Å². The van der Waals surface area contributed by atoms with E-state index in [1.165, 1.54) is 6.07 Å². The molecule has 2 N–H and O–H groups in total. The van der Waals surface area contributed by atoms with E-state index in [1.807, 2.05) is 6.92 Å². The molecule has 0 aliphatic carbocycles. The molecule has 0 radical (unpaired) electrons. The lowest BCUT2D eigenvalue weighted by molar-refractivity contribution is 0.160. The number of hydrogen-bond donors (Lipinski definition) is 2. The molecule has 0 saturated carbocycles. The Morgan fingerprint density at radius 2 is 2.25 bits per heavy atom. The Hall–Kier alpha value is -0.640. The van der Waals surface area contributed by atoms with E-state index in [1.54, 1.807) is 12.1 Å². The molecule has 16 heavy (non-hydrogen) atoms. The van der Waals surface area contributed by atoms with Crippen molar-refractivity contribution >= 4 is 11.6 Å². The third-order valence-electron chi connectivity index (χ3n) is 2.35. The van der Waals surface area contributed by atoms with E-state index in [9.17, 15) is 9.50 Å². The van der Waals surface area contributed by atoms with Crippen LogP contribution in [0.4, 0.5) is 4.39 Å². The molecule has 0 fully saturated rings. The maximum absolute atomic E-state index is 13.4. The molecule has 1 aromatic rings. The third-order valence-corrected chi connectivity index (χ3v) is 2.64. The van der Waals surface area contributed by atoms with Crippen molar-refractivity contribution in [3.8, 4) is 0 Å². The molecule has 4 heteroatoms. The first-order valence-electron chi connectivity index (χ1n) is 5.46. The summed E-state index contributed by atoms with van der Waals surface area (Å²) >= 11 is 5.65. The van der Waals surface area contributed by atoms with E-state index in [-0.39, 0.29) is 16.9 Å². The zero-order chi connectivity index (χ0) is 12.0. The number of nitrogens with one attached hydrogen (secondary N) is 1. The number of rotatable bonds is 6. The predicted octanol–water partition coefficient (Wildman–Crippen LogP) is 2.73. The first-order valence-corrected chi connectivity index (χ1v) is 5.84. The fourth-order valence-corrected chi connectivity index (χ4v) is 1.69. The Balaban J connectivity index is 2.40. The van der Waals surface area contributed by atoms with Crippen molar-refractivity contribution in [2.45, 2.75) is 32.4 Å². The summed E-state index contributed by atoms with van der Waals surface area (Å²) in [5, 5.41) is 12.6. The molecule has 0 spiro atoms. The van der Waals surface area contributed by atoms with E-state index in [4.69, 9.17) is 11.6 Å². The van der Waals surface area contributed by atoms with Gasteiger partial charge in [0.15, 0.2) is 0 Å². The van der Waals surface area contributed by atoms with Gasteiger partial charge in [-0.05, 0) is 12.5 Å². The van der Waals surface area contributed by atoms with Gasteiger partial charge in [0, 0.05) is 18.7 Å². The van der Waals surface area contributed by atoms with Gasteiger partial charge in [-0.2, -0.15) is 0 Å². The molecule has 1 rings (SSSR count). The summed E-state index contributed by atoms with van der Waals surface area (Å²) < 4.78 is 13.4. The molecule has 1 unspecified atom stereocenters. The van der Waals surface area contributed by atoms with E-state index < -0.39 is 0 Å². The van der Waals surface area contributed by atoms with Crippen LogP contribution in [0.3, 0.4) is 0 Å². The van der Waals surface area contributed by atoms with Crippen LogP contribution in [-0.2, 0) is 6.54 Å². The topological polar surface area (TPSA) is 32.3 Å². The van der Waals surface area contributed by atoms with Crippen molar-refractivity contribution in [3.63, 3.8) is 0 Å². The molecule has 90 valence electrons. The van der Waals surface area contributed by atoms with E-state index >= 15 is 0 Å². The normalized spacial score (nSPS) is 12.8. The van der Waals surface area contributed by atoms with Crippen molar-refractivity contribution in [1.82, 2.24) is 5.32 Å². The molecule has 0 aliphatic rings. The van der Waals surface area contributed by atoms with Crippen LogP contribution in [0.2, 0.25) is 5.02 Å². The lowest BCUT2D eigenvalue weighted by Crippen LogP contribution is -2.26. The van der Waals surface area contributed by atoms with Crippen molar-refractivity contribution in [2.75, 3.05) is 6.54 Å². The van der Waals surface area contributed by atoms with Gasteiger partial charge in [-0.3, -0.25) is 0 Å². The van der Waals surface area contributed by atoms with E-state index in [0.717, 1.165) is 12.8 Å². The summed E-state index contributed by atoms with van der Waals surface area (Å²) in [5.74, 6) is -0.387. The number of halogens is 2. The Morgan fingerprint density at radius 3 is 2.94 bits per heavy atom. The average Bonchev–Trinajstić information content (AvgIpc) is 2.25. The maximum Gasteiger partial charge on any atom is 0.146 e. The maximum atomic E-state index is 13.4. The molecule has 2 nitrogen and oxygen atoms in total. The summed E-state index contributed by atoms with van der Waals surface area (Å²) in [7, 11) is 0. The summed E-state index contributed by atoms with van der Waals surface area (Å²) in [5.41, 5.74) is 0.524. The Bertz CT molecular complexity index is 333. The van der Waals surface area contributed by atoms with Gasteiger partial charge in [0.25, 0.3) is 0 Å². The van der Waals surface area contributed by atoms with Crippen LogP contribution in [0.1, 0.15) is 25.3 Å². The fourth-order valence-electron chi connectivity index (χ4n) is 1.49. The third kappa shape index (κ3) is 4.08. The Labute approximate surface area is 100 Å². The second-order valence-electron chi connectivity index (χ2n) is 3.79. The zero-order valence-corrected chi connectivity index (χ0v) is 10.1. The first-order chi connectivity index (χ1) is 7.65. The number of aliphatic hydroxyl groups excluding tert-OH is 1. The minimum atomic E-state index is -0.387. The largest absolute Gasteiger partial charge is 0.392 e. The Morgan fingerprint density at radius 1 is 1.50 bits per heavy atom. The summed E-state index contributed by atoms with van der Waals surface area (Å²) in [6.07, 6.45) is 1.33. The smallest absolute Gasteiger partial charge is 0.146 e. The summed E-state index contributed by atoms with van der Waals surface area (Å²) in [6, 6.07) is 4.91. The molecular weight excluding hydrogens is 229 g/mol. The monoisotopic (exact) mass is 245 g/mol. The van der Waals surface area contributed by atoms with Gasteiger partial charge >= 0.3 is 0 Å². The fraction of sp³-hybridized carbons (Fsp3) is 0.500. The van der Waals surface area contributed by atoms with Crippen molar-refractivity contribution in [2.24, 2.45) is 0 Å². The molecule has 0 aromatic heterocycles. The number of aliphatic hydroxyl groups is 1. The van der Waals surface area contributed by atoms with Crippen LogP contribution in [-0.4, -0.2) is 17.8 Å². The van der Waals surface area contributed by atoms with Gasteiger partial charge in [-0.25, -0.2) is 4.39 Å². The SMILES string of the molecule is CCCC(O)CNCc1cccc(Cl)c1F. The minimum Gasteiger partial charge on any atom is -0.392 e. The zero-order valence-electron chi connectivity index (χ0n) is 9.34. The molecule has 1 atom stereocenters. The molecular formula is C12H17ClFNO. The second kappa shape index (κ2) is 6.84. The van der Waals surface area contributed by atoms with Gasteiger partial charge in [-0.1, -0.05) is 37.1 Å². The molecule has 0 heterocycles. The number of hydrogen-bond acceptors (Lipinski definition) is 2. The van der Waals surface area contributed by atoms with E-state index in [2.05, 4.69) is 5.32 Å². The van der Waals surface area contributed by atoms with Crippen LogP contribution in [0.25, 0.3) is 0 Å². The molecule has 1 aromatic carbocycles. The second-order valence-corrected chi connectivity index (χ2v) is 4.19. The standard InChI is InChI=1S/C12H17ClFNO/c1-2-4-10(16)8-15-7-9-5-3-6-11(13)12(9)14/h3,5-6,10,15-16H,2,4,7-8H2,1H3. The van der Waals surface area contributed by atoms with Gasteiger partial charge in [0.2, 0.25) is 0 Å². The molecule has 0 aliphatic heterocycles. The highest BCUT2D eigenvalue weighted by Gasteiger charge is 2.06. The van der Waals surface area contributed by atoms with Crippen molar-refractivity contribution in [3.05, 3.63) is 34.6 Å². The van der Waals surface area contributed by atoms with Crippen molar-refractivity contribution in [1.29, 1.82) is 0 Å². The molecule has 0 bridgehead atoms. The summed E-state index contributed by atoms with van der Waals surface area (Å²) in [4.78, 5) is 0. The van der Waals surface area contributed by atoms with Gasteiger partial charge in [-0.15, -0.1) is 0 Å². The van der Waals surface area contributed by atoms with Gasteiger partial charge in [0.1, 0.15) is 5.82 Å². The van der Waals surface area contributed by atoms with Crippen LogP contribution in [0, 0.1) is 5.82 Å². The molecule has 0 saturated heterocycles. The van der Waals surface area contributed by atoms with Crippen LogP contribution >= 0.6 is 11.6 Å². The summed E-state index contributed by atoms with van der Waals surface area (Å²) in [6.45, 7) is 2.87. The first kappa shape index (κ1) is 13.4. The lowest BCUT2D eigenvalue weighted by Gasteiger charge is -2.11. The quantitative estimate of drug-likeness (QED) is 0.808. The molecule has 0 amide bonds. The van der Waals surface area contributed by atoms with E-state index in [0.29, 0.717) is 18.7 Å². The lowest BCUT2D eigenvalue weighted by atomic mass is 10.2. The van der Waals surface area contributed by atoms with Crippen molar-refractivity contribution < 1.29 is 9.50 Å². The minimum absolute atomic E-state index is 0.133. The number of benzene rings is 1. The van der Waals surface area contributed by atoms with Gasteiger partial charge < -0.3 is 10.4 Å². The highest BCUT2D eigenvalue weighted by atomic mass is 35.5. The van der Waals surface area contributed by atoms with Crippen LogP contribution in [0.15, 0.2) is 18.2 Å².